The number of benzene rings is 2. The van der Waals surface area contributed by atoms with E-state index in [0.717, 1.165) is 23.0 Å². The minimum absolute atomic E-state index is 0.0737. The van der Waals surface area contributed by atoms with Crippen molar-refractivity contribution in [2.24, 2.45) is 0 Å². The fourth-order valence-electron chi connectivity index (χ4n) is 5.66. The molecule has 0 unspecified atom stereocenters. The van der Waals surface area contributed by atoms with Crippen molar-refractivity contribution in [3.05, 3.63) is 80.1 Å². The molecule has 2 N–H and O–H groups in total. The highest BCUT2D eigenvalue weighted by molar-refractivity contribution is 7.99. The van der Waals surface area contributed by atoms with Gasteiger partial charge in [0.25, 0.3) is 11.4 Å². The SMILES string of the molecule is O=[N+]([O-])c1c(CN2CCOCCN(Cc3cc(O)c4ncccc4c3[N+](=O)[O-])CCSCCOCCSCC2)cc(O)c2ncccc12. The first-order valence-electron chi connectivity index (χ1n) is 15.6. The lowest BCUT2D eigenvalue weighted by atomic mass is 10.1. The maximum Gasteiger partial charge on any atom is 0.283 e. The van der Waals surface area contributed by atoms with Gasteiger partial charge >= 0.3 is 0 Å². The molecule has 16 heteroatoms. The lowest BCUT2D eigenvalue weighted by molar-refractivity contribution is -0.384. The average Bonchev–Trinajstić information content (AvgIpc) is 3.06. The number of fused-ring (bicyclic) bond motifs is 2. The van der Waals surface area contributed by atoms with Crippen LogP contribution >= 0.6 is 23.5 Å². The largest absolute Gasteiger partial charge is 0.506 e. The van der Waals surface area contributed by atoms with E-state index in [1.165, 1.54) is 24.5 Å². The summed E-state index contributed by atoms with van der Waals surface area (Å²) in [5.41, 5.74) is 1.02. The van der Waals surface area contributed by atoms with E-state index in [1.54, 1.807) is 47.8 Å². The van der Waals surface area contributed by atoms with Gasteiger partial charge in [-0.15, -0.1) is 0 Å². The molecule has 0 atom stereocenters. The van der Waals surface area contributed by atoms with E-state index < -0.39 is 9.85 Å². The van der Waals surface area contributed by atoms with Crippen LogP contribution in [-0.4, -0.2) is 115 Å². The van der Waals surface area contributed by atoms with Crippen LogP contribution in [-0.2, 0) is 22.6 Å². The van der Waals surface area contributed by atoms with Crippen LogP contribution in [0.25, 0.3) is 21.8 Å². The van der Waals surface area contributed by atoms with Crippen molar-refractivity contribution in [2.75, 3.05) is 75.6 Å². The Bertz CT molecular complexity index is 1610. The molecule has 1 saturated heterocycles. The second kappa shape index (κ2) is 17.6. The number of phenols is 2. The first kappa shape index (κ1) is 35.5. The Morgan fingerprint density at radius 2 is 1.12 bits per heavy atom. The Labute approximate surface area is 285 Å². The van der Waals surface area contributed by atoms with Crippen LogP contribution in [0.1, 0.15) is 11.1 Å². The highest BCUT2D eigenvalue weighted by Crippen LogP contribution is 2.36. The van der Waals surface area contributed by atoms with E-state index in [1.807, 2.05) is 0 Å². The van der Waals surface area contributed by atoms with Gasteiger partial charge in [0.15, 0.2) is 0 Å². The molecular weight excluding hydrogens is 661 g/mol. The Kier molecular flexibility index (Phi) is 13.0. The molecule has 2 aromatic carbocycles. The predicted octanol–water partition coefficient (Wildman–Crippen LogP) is 4.83. The Hall–Kier alpha value is -3.80. The highest BCUT2D eigenvalue weighted by atomic mass is 32.2. The van der Waals surface area contributed by atoms with Crippen molar-refractivity contribution in [3.63, 3.8) is 0 Å². The first-order valence-corrected chi connectivity index (χ1v) is 17.9. The topological polar surface area (TPSA) is 177 Å². The van der Waals surface area contributed by atoms with Gasteiger partial charge in [-0.25, -0.2) is 0 Å². The number of nitrogens with zero attached hydrogens (tertiary/aromatic N) is 6. The van der Waals surface area contributed by atoms with Crippen LogP contribution in [0.3, 0.4) is 0 Å². The number of aromatic hydroxyl groups is 2. The number of nitro benzene ring substituents is 2. The summed E-state index contributed by atoms with van der Waals surface area (Å²) in [6.45, 7) is 4.68. The van der Waals surface area contributed by atoms with E-state index in [0.29, 0.717) is 63.7 Å². The monoisotopic (exact) mass is 698 g/mol. The van der Waals surface area contributed by atoms with Gasteiger partial charge in [0, 0.05) is 85.8 Å². The summed E-state index contributed by atoms with van der Waals surface area (Å²) in [6, 6.07) is 9.27. The number of pyridine rings is 2. The third-order valence-corrected chi connectivity index (χ3v) is 9.80. The van der Waals surface area contributed by atoms with Gasteiger partial charge < -0.3 is 19.7 Å². The summed E-state index contributed by atoms with van der Waals surface area (Å²) in [5, 5.41) is 46.1. The number of hydrogen-bond donors (Lipinski definition) is 2. The van der Waals surface area contributed by atoms with E-state index in [4.69, 9.17) is 9.47 Å². The van der Waals surface area contributed by atoms with Gasteiger partial charge in [0.05, 0.1) is 47.0 Å². The molecule has 0 aliphatic carbocycles. The fourth-order valence-corrected chi connectivity index (χ4v) is 7.32. The number of nitro groups is 2. The van der Waals surface area contributed by atoms with Gasteiger partial charge in [-0.3, -0.25) is 40.0 Å². The van der Waals surface area contributed by atoms with E-state index in [-0.39, 0.29) is 57.8 Å². The molecule has 0 spiro atoms. The Balaban J connectivity index is 1.30. The summed E-state index contributed by atoms with van der Waals surface area (Å²) in [5.74, 6) is 2.99. The minimum Gasteiger partial charge on any atom is -0.506 e. The fraction of sp³-hybridized carbons (Fsp3) is 0.438. The lowest BCUT2D eigenvalue weighted by Gasteiger charge is -2.24. The standard InChI is InChI=1S/C32H38N6O8S2/c39-27-19-23(31(37(41)42)25-3-1-5-33-29(25)27)21-35-7-11-45-12-8-36(10-16-48-18-14-46-13-17-47-15-9-35)22-24-20-28(40)30-26(4-2-6-34-30)32(24)38(43)44/h1-6,19-20,39-40H,7-18,21-22H2. The highest BCUT2D eigenvalue weighted by Gasteiger charge is 2.25. The molecule has 0 amide bonds. The Morgan fingerprint density at radius 3 is 1.56 bits per heavy atom. The quantitative estimate of drug-likeness (QED) is 0.207. The molecule has 256 valence electrons. The molecule has 1 fully saturated rings. The maximum atomic E-state index is 12.2. The summed E-state index contributed by atoms with van der Waals surface area (Å²) < 4.78 is 11.9. The van der Waals surface area contributed by atoms with Crippen molar-refractivity contribution in [1.29, 1.82) is 0 Å². The summed E-state index contributed by atoms with van der Waals surface area (Å²) in [6.07, 6.45) is 2.98. The zero-order chi connectivity index (χ0) is 33.9. The first-order chi connectivity index (χ1) is 23.3. The molecule has 4 aromatic rings. The number of aromatic nitrogens is 2. The van der Waals surface area contributed by atoms with E-state index in [2.05, 4.69) is 19.8 Å². The molecule has 48 heavy (non-hydrogen) atoms. The van der Waals surface area contributed by atoms with Crippen LogP contribution < -0.4 is 0 Å². The van der Waals surface area contributed by atoms with Gasteiger partial charge in [0.2, 0.25) is 0 Å². The molecule has 0 saturated carbocycles. The third kappa shape index (κ3) is 9.21. The predicted molar refractivity (Wildman–Crippen MR) is 187 cm³/mol. The van der Waals surface area contributed by atoms with Crippen LogP contribution in [0.4, 0.5) is 11.4 Å². The van der Waals surface area contributed by atoms with Crippen molar-refractivity contribution >= 4 is 56.7 Å². The van der Waals surface area contributed by atoms with Gasteiger partial charge in [-0.2, -0.15) is 23.5 Å². The average molecular weight is 699 g/mol. The molecule has 3 heterocycles. The zero-order valence-corrected chi connectivity index (χ0v) is 28.0. The van der Waals surface area contributed by atoms with Crippen LogP contribution in [0.2, 0.25) is 0 Å². The van der Waals surface area contributed by atoms with Crippen LogP contribution in [0.15, 0.2) is 48.8 Å². The minimum atomic E-state index is -0.424. The number of thioether (sulfide) groups is 2. The lowest BCUT2D eigenvalue weighted by Crippen LogP contribution is -2.32. The number of phenolic OH excluding ortho intramolecular Hbond substituents is 2. The number of rotatable bonds is 6. The second-order valence-corrected chi connectivity index (χ2v) is 13.6. The smallest absolute Gasteiger partial charge is 0.283 e. The van der Waals surface area contributed by atoms with Crippen molar-refractivity contribution in [3.8, 4) is 11.5 Å². The zero-order valence-electron chi connectivity index (χ0n) is 26.4. The molecule has 1 aliphatic rings. The normalized spacial score (nSPS) is 17.2. The van der Waals surface area contributed by atoms with Crippen molar-refractivity contribution < 1.29 is 29.5 Å². The third-order valence-electron chi connectivity index (χ3n) is 7.95. The van der Waals surface area contributed by atoms with Crippen LogP contribution in [0.5, 0.6) is 11.5 Å². The Morgan fingerprint density at radius 1 is 0.688 bits per heavy atom. The summed E-state index contributed by atoms with van der Waals surface area (Å²) >= 11 is 3.50. The van der Waals surface area contributed by atoms with Crippen LogP contribution in [0, 0.1) is 20.2 Å². The maximum absolute atomic E-state index is 12.2. The molecular formula is C32H38N6O8S2. The molecule has 0 radical (unpaired) electrons. The molecule has 5 rings (SSSR count). The van der Waals surface area contributed by atoms with Crippen molar-refractivity contribution in [2.45, 2.75) is 13.1 Å². The van der Waals surface area contributed by atoms with E-state index in [9.17, 15) is 30.4 Å². The molecule has 0 bridgehead atoms. The summed E-state index contributed by atoms with van der Waals surface area (Å²) in [4.78, 5) is 35.9. The molecule has 2 aromatic heterocycles. The second-order valence-electron chi connectivity index (χ2n) is 11.1. The molecule has 14 nitrogen and oxygen atoms in total. The van der Waals surface area contributed by atoms with Gasteiger partial charge in [0.1, 0.15) is 22.5 Å². The van der Waals surface area contributed by atoms with Gasteiger partial charge in [-0.1, -0.05) is 0 Å². The van der Waals surface area contributed by atoms with E-state index >= 15 is 0 Å². The number of ether oxygens (including phenoxy) is 2. The molecule has 1 aliphatic heterocycles. The van der Waals surface area contributed by atoms with Crippen molar-refractivity contribution in [1.82, 2.24) is 19.8 Å². The van der Waals surface area contributed by atoms with Gasteiger partial charge in [-0.05, 0) is 36.4 Å². The number of hydrogen-bond acceptors (Lipinski definition) is 14. The summed E-state index contributed by atoms with van der Waals surface area (Å²) in [7, 11) is 0.